The number of rotatable bonds is 5. The number of benzene rings is 1. The maximum absolute atomic E-state index is 11.8. The van der Waals surface area contributed by atoms with Crippen LogP contribution in [-0.4, -0.2) is 29.8 Å². The molecule has 1 atom stereocenters. The quantitative estimate of drug-likeness (QED) is 0.881. The summed E-state index contributed by atoms with van der Waals surface area (Å²) in [6.07, 6.45) is 4.62. The van der Waals surface area contributed by atoms with Crippen molar-refractivity contribution < 1.29 is 9.47 Å². The number of H-pyrrole nitrogens is 1. The number of nitriles is 1. The van der Waals surface area contributed by atoms with Crippen molar-refractivity contribution >= 4 is 0 Å². The monoisotopic (exact) mass is 365 g/mol. The molecule has 6 heteroatoms. The summed E-state index contributed by atoms with van der Waals surface area (Å²) >= 11 is 0. The smallest absolute Gasteiger partial charge is 0.252 e. The minimum atomic E-state index is -0.131. The topological polar surface area (TPSA) is 78.4 Å². The standard InChI is InChI=1S/C21H23N3O3/c22-12-18(16-3-4-19-20(11-16)27-14-26-19)10-15-5-8-24(9-6-15)13-17-2-1-7-23-21(17)25/h1-4,7,11,15,18H,5-6,8-10,13-14H2,(H,23,25). The van der Waals surface area contributed by atoms with E-state index in [9.17, 15) is 10.1 Å². The van der Waals surface area contributed by atoms with Crippen molar-refractivity contribution in [3.63, 3.8) is 0 Å². The summed E-state index contributed by atoms with van der Waals surface area (Å²) in [4.78, 5) is 16.9. The van der Waals surface area contributed by atoms with Crippen LogP contribution in [-0.2, 0) is 6.54 Å². The molecule has 3 heterocycles. The lowest BCUT2D eigenvalue weighted by atomic mass is 9.84. The predicted octanol–water partition coefficient (Wildman–Crippen LogP) is 3.01. The molecule has 2 aromatic rings. The van der Waals surface area contributed by atoms with Gasteiger partial charge >= 0.3 is 0 Å². The number of hydrogen-bond donors (Lipinski definition) is 1. The van der Waals surface area contributed by atoms with Gasteiger partial charge in [0.2, 0.25) is 6.79 Å². The fourth-order valence-corrected chi connectivity index (χ4v) is 3.93. The maximum atomic E-state index is 11.8. The van der Waals surface area contributed by atoms with E-state index in [1.54, 1.807) is 6.20 Å². The van der Waals surface area contributed by atoms with E-state index in [-0.39, 0.29) is 18.3 Å². The first-order valence-corrected chi connectivity index (χ1v) is 9.41. The number of nitrogens with zero attached hydrogens (tertiary/aromatic N) is 2. The maximum Gasteiger partial charge on any atom is 0.252 e. The molecule has 140 valence electrons. The van der Waals surface area contributed by atoms with E-state index in [4.69, 9.17) is 9.47 Å². The van der Waals surface area contributed by atoms with E-state index in [0.717, 1.165) is 55.0 Å². The number of hydrogen-bond acceptors (Lipinski definition) is 5. The highest BCUT2D eigenvalue weighted by Crippen LogP contribution is 2.37. The predicted molar refractivity (Wildman–Crippen MR) is 101 cm³/mol. The van der Waals surface area contributed by atoms with Crippen molar-refractivity contribution in [2.75, 3.05) is 19.9 Å². The van der Waals surface area contributed by atoms with Gasteiger partial charge in [0.25, 0.3) is 5.56 Å². The zero-order chi connectivity index (χ0) is 18.6. The van der Waals surface area contributed by atoms with Gasteiger partial charge in [-0.3, -0.25) is 9.69 Å². The Morgan fingerprint density at radius 2 is 2.04 bits per heavy atom. The fraction of sp³-hybridized carbons (Fsp3) is 0.429. The van der Waals surface area contributed by atoms with Crippen LogP contribution in [0.15, 0.2) is 41.3 Å². The molecule has 1 aromatic heterocycles. The molecule has 0 bridgehead atoms. The zero-order valence-electron chi connectivity index (χ0n) is 15.2. The van der Waals surface area contributed by atoms with Gasteiger partial charge in [0.1, 0.15) is 0 Å². The van der Waals surface area contributed by atoms with Gasteiger partial charge in [-0.2, -0.15) is 5.26 Å². The van der Waals surface area contributed by atoms with Crippen molar-refractivity contribution in [3.8, 4) is 17.6 Å². The number of likely N-dealkylation sites (tertiary alicyclic amines) is 1. The Bertz CT molecular complexity index is 894. The molecule has 2 aliphatic heterocycles. The minimum absolute atomic E-state index is 0.00743. The Morgan fingerprint density at radius 3 is 2.81 bits per heavy atom. The molecule has 2 aliphatic rings. The largest absolute Gasteiger partial charge is 0.454 e. The van der Waals surface area contributed by atoms with Crippen molar-refractivity contribution in [1.82, 2.24) is 9.88 Å². The molecular formula is C21H23N3O3. The second kappa shape index (κ2) is 7.85. The Hall–Kier alpha value is -2.78. The van der Waals surface area contributed by atoms with Gasteiger partial charge in [-0.15, -0.1) is 0 Å². The summed E-state index contributed by atoms with van der Waals surface area (Å²) in [6.45, 7) is 2.85. The molecule has 0 spiro atoms. The van der Waals surface area contributed by atoms with Crippen LogP contribution < -0.4 is 15.0 Å². The van der Waals surface area contributed by atoms with E-state index in [0.29, 0.717) is 12.5 Å². The minimum Gasteiger partial charge on any atom is -0.454 e. The highest BCUT2D eigenvalue weighted by molar-refractivity contribution is 5.46. The van der Waals surface area contributed by atoms with Gasteiger partial charge in [-0.25, -0.2) is 0 Å². The van der Waals surface area contributed by atoms with Crippen LogP contribution in [0, 0.1) is 17.2 Å². The Kier molecular flexibility index (Phi) is 5.12. The van der Waals surface area contributed by atoms with Gasteiger partial charge in [-0.05, 0) is 62.0 Å². The number of fused-ring (bicyclic) bond motifs is 1. The van der Waals surface area contributed by atoms with Gasteiger partial charge in [0.15, 0.2) is 11.5 Å². The van der Waals surface area contributed by atoms with Crippen molar-refractivity contribution in [3.05, 3.63) is 58.0 Å². The second-order valence-corrected chi connectivity index (χ2v) is 7.27. The Labute approximate surface area is 158 Å². The first-order valence-electron chi connectivity index (χ1n) is 9.41. The first kappa shape index (κ1) is 17.6. The average molecular weight is 365 g/mol. The van der Waals surface area contributed by atoms with Crippen LogP contribution in [0.25, 0.3) is 0 Å². The van der Waals surface area contributed by atoms with Gasteiger partial charge in [0.05, 0.1) is 12.0 Å². The lowest BCUT2D eigenvalue weighted by molar-refractivity contribution is 0.170. The number of piperidine rings is 1. The molecule has 1 N–H and O–H groups in total. The fourth-order valence-electron chi connectivity index (χ4n) is 3.93. The van der Waals surface area contributed by atoms with Gasteiger partial charge in [0, 0.05) is 18.3 Å². The number of aromatic amines is 1. The number of ether oxygens (including phenoxy) is 2. The van der Waals surface area contributed by atoms with E-state index < -0.39 is 0 Å². The van der Waals surface area contributed by atoms with E-state index in [1.165, 1.54) is 0 Å². The average Bonchev–Trinajstić information content (AvgIpc) is 3.17. The normalized spacial score (nSPS) is 18.2. The van der Waals surface area contributed by atoms with Crippen LogP contribution in [0.3, 0.4) is 0 Å². The molecule has 1 aromatic carbocycles. The molecule has 0 aliphatic carbocycles. The Morgan fingerprint density at radius 1 is 1.22 bits per heavy atom. The van der Waals surface area contributed by atoms with Crippen molar-refractivity contribution in [2.45, 2.75) is 31.7 Å². The lowest BCUT2D eigenvalue weighted by Crippen LogP contribution is -2.35. The lowest BCUT2D eigenvalue weighted by Gasteiger charge is -2.32. The SMILES string of the molecule is N#CC(CC1CCN(Cc2ccc[nH]c2=O)CC1)c1ccc2c(c1)OCO2. The van der Waals surface area contributed by atoms with Crippen molar-refractivity contribution in [1.29, 1.82) is 5.26 Å². The molecule has 1 unspecified atom stereocenters. The number of pyridine rings is 1. The Balaban J connectivity index is 1.33. The molecule has 0 radical (unpaired) electrons. The third-order valence-corrected chi connectivity index (χ3v) is 5.52. The first-order chi connectivity index (χ1) is 13.2. The highest BCUT2D eigenvalue weighted by atomic mass is 16.7. The van der Waals surface area contributed by atoms with Crippen LogP contribution in [0.2, 0.25) is 0 Å². The van der Waals surface area contributed by atoms with Gasteiger partial charge in [-0.1, -0.05) is 12.1 Å². The zero-order valence-corrected chi connectivity index (χ0v) is 15.2. The number of nitrogens with one attached hydrogen (secondary N) is 1. The molecule has 0 saturated carbocycles. The van der Waals surface area contributed by atoms with Crippen LogP contribution >= 0.6 is 0 Å². The molecule has 1 fully saturated rings. The summed E-state index contributed by atoms with van der Waals surface area (Å²) in [5.41, 5.74) is 1.80. The molecule has 4 rings (SSSR count). The van der Waals surface area contributed by atoms with E-state index >= 15 is 0 Å². The van der Waals surface area contributed by atoms with Crippen LogP contribution in [0.5, 0.6) is 11.5 Å². The molecule has 27 heavy (non-hydrogen) atoms. The molecule has 6 nitrogen and oxygen atoms in total. The summed E-state index contributed by atoms with van der Waals surface area (Å²) in [5.74, 6) is 1.87. The molecule has 0 amide bonds. The summed E-state index contributed by atoms with van der Waals surface area (Å²) < 4.78 is 10.8. The summed E-state index contributed by atoms with van der Waals surface area (Å²) in [5, 5.41) is 9.67. The summed E-state index contributed by atoms with van der Waals surface area (Å²) in [7, 11) is 0. The van der Waals surface area contributed by atoms with Crippen molar-refractivity contribution in [2.24, 2.45) is 5.92 Å². The third kappa shape index (κ3) is 3.99. The van der Waals surface area contributed by atoms with Crippen LogP contribution in [0.1, 0.15) is 36.3 Å². The molecular weight excluding hydrogens is 342 g/mol. The second-order valence-electron chi connectivity index (χ2n) is 7.27. The third-order valence-electron chi connectivity index (χ3n) is 5.52. The van der Waals surface area contributed by atoms with Crippen LogP contribution in [0.4, 0.5) is 0 Å². The van der Waals surface area contributed by atoms with E-state index in [1.807, 2.05) is 30.3 Å². The highest BCUT2D eigenvalue weighted by Gasteiger charge is 2.25. The number of aromatic nitrogens is 1. The van der Waals surface area contributed by atoms with Gasteiger partial charge < -0.3 is 14.5 Å². The van der Waals surface area contributed by atoms with E-state index in [2.05, 4.69) is 16.0 Å². The summed E-state index contributed by atoms with van der Waals surface area (Å²) in [6, 6.07) is 12.0. The molecule has 1 saturated heterocycles.